The Bertz CT molecular complexity index is 950. The summed E-state index contributed by atoms with van der Waals surface area (Å²) in [4.78, 5) is 0.228. The molecular formula is C17H19N3O3S. The molecule has 0 saturated heterocycles. The molecule has 0 aliphatic rings. The molecule has 1 aromatic heterocycles. The third kappa shape index (κ3) is 2.88. The Hall–Kier alpha value is -2.38. The normalized spacial score (nSPS) is 11.8. The summed E-state index contributed by atoms with van der Waals surface area (Å²) in [5.41, 5.74) is 0.670. The van der Waals surface area contributed by atoms with E-state index in [9.17, 15) is 8.42 Å². The molecule has 0 radical (unpaired) electrons. The van der Waals surface area contributed by atoms with Gasteiger partial charge in [0.25, 0.3) is 0 Å². The Balaban J connectivity index is 2.13. The molecule has 24 heavy (non-hydrogen) atoms. The van der Waals surface area contributed by atoms with Crippen LogP contribution in [-0.4, -0.2) is 38.4 Å². The molecule has 0 saturated carbocycles. The van der Waals surface area contributed by atoms with Crippen LogP contribution in [0.3, 0.4) is 0 Å². The topological polar surface area (TPSA) is 73.2 Å². The van der Waals surface area contributed by atoms with E-state index >= 15 is 0 Å². The molecule has 1 heterocycles. The van der Waals surface area contributed by atoms with Gasteiger partial charge in [-0.25, -0.2) is 8.42 Å². The summed E-state index contributed by atoms with van der Waals surface area (Å²) in [5.74, 6) is 0.618. The van der Waals surface area contributed by atoms with Gasteiger partial charge in [0.1, 0.15) is 17.9 Å². The molecule has 0 spiro atoms. The number of hydrogen-bond acceptors (Lipinski definition) is 5. The number of hydrogen-bond donors (Lipinski definition) is 1. The van der Waals surface area contributed by atoms with E-state index in [1.54, 1.807) is 54.2 Å². The van der Waals surface area contributed by atoms with Gasteiger partial charge in [-0.1, -0.05) is 24.3 Å². The van der Waals surface area contributed by atoms with Crippen LogP contribution in [-0.2, 0) is 16.9 Å². The van der Waals surface area contributed by atoms with E-state index in [0.717, 1.165) is 0 Å². The molecule has 7 heteroatoms. The van der Waals surface area contributed by atoms with E-state index in [4.69, 9.17) is 4.74 Å². The lowest BCUT2D eigenvalue weighted by molar-refractivity contribution is 0.320. The third-order valence-electron chi connectivity index (χ3n) is 3.71. The van der Waals surface area contributed by atoms with Crippen molar-refractivity contribution in [1.29, 1.82) is 0 Å². The lowest BCUT2D eigenvalue weighted by Gasteiger charge is -2.07. The Kier molecular flexibility index (Phi) is 4.55. The molecule has 0 aliphatic carbocycles. The van der Waals surface area contributed by atoms with Gasteiger partial charge in [-0.2, -0.15) is 5.10 Å². The quantitative estimate of drug-likeness (QED) is 0.692. The molecule has 3 aromatic rings. The van der Waals surface area contributed by atoms with E-state index in [1.165, 1.54) is 0 Å². The number of rotatable bonds is 6. The average Bonchev–Trinajstić information content (AvgIpc) is 2.95. The number of benzene rings is 2. The maximum atomic E-state index is 12.9. The molecule has 0 amide bonds. The summed E-state index contributed by atoms with van der Waals surface area (Å²) in [7, 11) is -0.121. The van der Waals surface area contributed by atoms with Crippen LogP contribution in [0.1, 0.15) is 0 Å². The van der Waals surface area contributed by atoms with Crippen molar-refractivity contribution in [2.24, 2.45) is 7.05 Å². The molecule has 0 aliphatic heterocycles. The van der Waals surface area contributed by atoms with Crippen molar-refractivity contribution in [3.63, 3.8) is 0 Å². The largest absolute Gasteiger partial charge is 0.490 e. The van der Waals surface area contributed by atoms with Gasteiger partial charge in [-0.15, -0.1) is 0 Å². The van der Waals surface area contributed by atoms with E-state index in [1.807, 2.05) is 13.1 Å². The van der Waals surface area contributed by atoms with Gasteiger partial charge in [0, 0.05) is 19.0 Å². The minimum Gasteiger partial charge on any atom is -0.490 e. The Labute approximate surface area is 141 Å². The number of aromatic nitrogens is 2. The molecule has 0 bridgehead atoms. The van der Waals surface area contributed by atoms with Crippen LogP contribution in [0, 0.1) is 0 Å². The van der Waals surface area contributed by atoms with E-state index in [2.05, 4.69) is 10.4 Å². The summed E-state index contributed by atoms with van der Waals surface area (Å²) >= 11 is 0. The highest BCUT2D eigenvalue weighted by molar-refractivity contribution is 7.91. The average molecular weight is 345 g/mol. The SMILES string of the molecule is CNCCOc1cccc2c(S(=O)(=O)c3ccccc3)nn(C)c12. The highest BCUT2D eigenvalue weighted by atomic mass is 32.2. The zero-order valence-corrected chi connectivity index (χ0v) is 14.4. The molecule has 0 unspecified atom stereocenters. The van der Waals surface area contributed by atoms with Crippen molar-refractivity contribution >= 4 is 20.7 Å². The number of likely N-dealkylation sites (N-methyl/N-ethyl adjacent to an activating group) is 1. The molecular weight excluding hydrogens is 326 g/mol. The summed E-state index contributed by atoms with van der Waals surface area (Å²) in [5, 5.41) is 7.87. The van der Waals surface area contributed by atoms with Crippen molar-refractivity contribution in [3.05, 3.63) is 48.5 Å². The summed E-state index contributed by atoms with van der Waals surface area (Å²) in [6.07, 6.45) is 0. The third-order valence-corrected chi connectivity index (χ3v) is 5.41. The zero-order valence-electron chi connectivity index (χ0n) is 13.6. The summed E-state index contributed by atoms with van der Waals surface area (Å²) in [6, 6.07) is 13.7. The van der Waals surface area contributed by atoms with Crippen molar-refractivity contribution in [3.8, 4) is 5.75 Å². The molecule has 0 fully saturated rings. The number of aryl methyl sites for hydroxylation is 1. The Morgan fingerprint density at radius 1 is 1.12 bits per heavy atom. The highest BCUT2D eigenvalue weighted by Crippen LogP contribution is 2.32. The van der Waals surface area contributed by atoms with Crippen LogP contribution in [0.25, 0.3) is 10.9 Å². The number of sulfone groups is 1. The van der Waals surface area contributed by atoms with Gasteiger partial charge < -0.3 is 10.1 Å². The van der Waals surface area contributed by atoms with Crippen molar-refractivity contribution in [1.82, 2.24) is 15.1 Å². The first-order valence-electron chi connectivity index (χ1n) is 7.59. The summed E-state index contributed by atoms with van der Waals surface area (Å²) < 4.78 is 33.1. The minimum atomic E-state index is -3.69. The maximum Gasteiger partial charge on any atom is 0.226 e. The summed E-state index contributed by atoms with van der Waals surface area (Å²) in [6.45, 7) is 1.19. The van der Waals surface area contributed by atoms with Crippen LogP contribution < -0.4 is 10.1 Å². The molecule has 0 atom stereocenters. The van der Waals surface area contributed by atoms with Crippen molar-refractivity contribution in [2.45, 2.75) is 9.92 Å². The number of fused-ring (bicyclic) bond motifs is 1. The van der Waals surface area contributed by atoms with Crippen LogP contribution in [0.15, 0.2) is 58.5 Å². The lowest BCUT2D eigenvalue weighted by atomic mass is 10.2. The molecule has 1 N–H and O–H groups in total. The minimum absolute atomic E-state index is 0.0465. The number of ether oxygens (including phenoxy) is 1. The second kappa shape index (κ2) is 6.62. The fourth-order valence-corrected chi connectivity index (χ4v) is 3.98. The predicted octanol–water partition coefficient (Wildman–Crippen LogP) is 2.00. The van der Waals surface area contributed by atoms with Crippen LogP contribution >= 0.6 is 0 Å². The smallest absolute Gasteiger partial charge is 0.226 e. The van der Waals surface area contributed by atoms with Crippen molar-refractivity contribution < 1.29 is 13.2 Å². The number of nitrogens with zero attached hydrogens (tertiary/aromatic N) is 2. The number of para-hydroxylation sites is 1. The predicted molar refractivity (Wildman–Crippen MR) is 92.0 cm³/mol. The first kappa shape index (κ1) is 16.5. The van der Waals surface area contributed by atoms with Crippen LogP contribution in [0.2, 0.25) is 0 Å². The van der Waals surface area contributed by atoms with Gasteiger partial charge in [-0.3, -0.25) is 4.68 Å². The van der Waals surface area contributed by atoms with E-state index in [0.29, 0.717) is 29.8 Å². The van der Waals surface area contributed by atoms with Gasteiger partial charge in [0.15, 0.2) is 5.03 Å². The second-order valence-corrected chi connectivity index (χ2v) is 7.21. The Morgan fingerprint density at radius 2 is 1.88 bits per heavy atom. The van der Waals surface area contributed by atoms with Gasteiger partial charge in [-0.05, 0) is 31.3 Å². The van der Waals surface area contributed by atoms with Gasteiger partial charge in [0.05, 0.1) is 4.90 Å². The van der Waals surface area contributed by atoms with E-state index < -0.39 is 9.84 Å². The zero-order chi connectivity index (χ0) is 17.2. The van der Waals surface area contributed by atoms with E-state index in [-0.39, 0.29) is 9.92 Å². The number of nitrogens with one attached hydrogen (secondary N) is 1. The fourth-order valence-electron chi connectivity index (χ4n) is 2.56. The van der Waals surface area contributed by atoms with Crippen LogP contribution in [0.4, 0.5) is 0 Å². The molecule has 126 valence electrons. The highest BCUT2D eigenvalue weighted by Gasteiger charge is 2.25. The fraction of sp³-hybridized carbons (Fsp3) is 0.235. The van der Waals surface area contributed by atoms with Crippen molar-refractivity contribution in [2.75, 3.05) is 20.2 Å². The molecule has 3 rings (SSSR count). The first-order valence-corrected chi connectivity index (χ1v) is 9.07. The van der Waals surface area contributed by atoms with Gasteiger partial charge >= 0.3 is 0 Å². The Morgan fingerprint density at radius 3 is 2.58 bits per heavy atom. The maximum absolute atomic E-state index is 12.9. The standard InChI is InChI=1S/C17H19N3O3S/c1-18-11-12-23-15-10-6-9-14-16(15)20(2)19-17(14)24(21,22)13-7-4-3-5-8-13/h3-10,18H,11-12H2,1-2H3. The molecule has 2 aromatic carbocycles. The monoisotopic (exact) mass is 345 g/mol. The van der Waals surface area contributed by atoms with Crippen LogP contribution in [0.5, 0.6) is 5.75 Å². The molecule has 6 nitrogen and oxygen atoms in total. The van der Waals surface area contributed by atoms with Gasteiger partial charge in [0.2, 0.25) is 9.84 Å². The first-order chi connectivity index (χ1) is 11.6. The second-order valence-electron chi connectivity index (χ2n) is 5.35. The lowest BCUT2D eigenvalue weighted by Crippen LogP contribution is -2.16.